The zero-order valence-electron chi connectivity index (χ0n) is 25.7. The molecule has 0 saturated carbocycles. The van der Waals surface area contributed by atoms with Gasteiger partial charge in [-0.2, -0.15) is 0 Å². The minimum atomic E-state index is 0. The van der Waals surface area contributed by atoms with Crippen molar-refractivity contribution < 1.29 is 20.8 Å². The van der Waals surface area contributed by atoms with Crippen LogP contribution in [0, 0.1) is 10.8 Å². The van der Waals surface area contributed by atoms with E-state index in [0.717, 1.165) is 26.2 Å². The van der Waals surface area contributed by atoms with Gasteiger partial charge in [0.15, 0.2) is 0 Å². The molecule has 0 aliphatic carbocycles. The van der Waals surface area contributed by atoms with Crippen molar-refractivity contribution in [3.63, 3.8) is 0 Å². The molecule has 0 aromatic carbocycles. The van der Waals surface area contributed by atoms with Gasteiger partial charge in [-0.3, -0.25) is 0 Å². The van der Waals surface area contributed by atoms with Gasteiger partial charge in [0.05, 0.1) is 22.8 Å². The van der Waals surface area contributed by atoms with Gasteiger partial charge in [-0.1, -0.05) is 55.7 Å². The van der Waals surface area contributed by atoms with E-state index < -0.39 is 0 Å². The van der Waals surface area contributed by atoms with E-state index in [9.17, 15) is 0 Å². The lowest BCUT2D eigenvalue weighted by Crippen LogP contribution is -2.46. The fourth-order valence-corrected chi connectivity index (χ4v) is 2.78. The number of oxime groups is 4. The summed E-state index contributed by atoms with van der Waals surface area (Å²) in [4.78, 5) is 0. The molecule has 0 unspecified atom stereocenters. The van der Waals surface area contributed by atoms with Crippen LogP contribution in [0.3, 0.4) is 0 Å². The Morgan fingerprint density at radius 3 is 0.769 bits per heavy atom. The Morgan fingerprint density at radius 2 is 0.641 bits per heavy atom. The third kappa shape index (κ3) is 19.4. The molecule has 0 spiro atoms. The summed E-state index contributed by atoms with van der Waals surface area (Å²) in [5, 5.41) is 60.9. The molecule has 8 N–H and O–H groups in total. The minimum absolute atomic E-state index is 0. The van der Waals surface area contributed by atoms with Crippen LogP contribution < -0.4 is 21.3 Å². The lowest BCUT2D eigenvalue weighted by molar-refractivity contribution is 0.298. The van der Waals surface area contributed by atoms with Crippen LogP contribution in [-0.4, -0.2) is 94.0 Å². The standard InChI is InChI=1S/2C13H28N4O2.CH4/c2*1-9(11(3)16-18)14-7-13(5,6)8-15-10(2)12(4)17-19;/h2*9-10,14-15,18-19H,7-8H2,1-6H3;1H4/b2*16-11+,17-12+;/t2*9-,10-;/m10./s1. The van der Waals surface area contributed by atoms with Gasteiger partial charge in [-0.05, 0) is 66.2 Å². The van der Waals surface area contributed by atoms with Gasteiger partial charge >= 0.3 is 0 Å². The van der Waals surface area contributed by atoms with Gasteiger partial charge in [0, 0.05) is 50.3 Å². The molecule has 0 saturated heterocycles. The van der Waals surface area contributed by atoms with Gasteiger partial charge in [-0.25, -0.2) is 0 Å². The highest BCUT2D eigenvalue weighted by molar-refractivity contribution is 5.87. The monoisotopic (exact) mass is 560 g/mol. The van der Waals surface area contributed by atoms with Crippen molar-refractivity contribution in [1.82, 2.24) is 21.3 Å². The lowest BCUT2D eigenvalue weighted by Gasteiger charge is -2.29. The second kappa shape index (κ2) is 20.6. The molecule has 0 heterocycles. The molecule has 0 aliphatic rings. The first-order chi connectivity index (χ1) is 17.5. The van der Waals surface area contributed by atoms with Gasteiger partial charge < -0.3 is 42.1 Å². The molecule has 0 aliphatic heterocycles. The van der Waals surface area contributed by atoms with Crippen LogP contribution >= 0.6 is 0 Å². The molecule has 12 heteroatoms. The minimum Gasteiger partial charge on any atom is -0.411 e. The van der Waals surface area contributed by atoms with Crippen LogP contribution in [0.15, 0.2) is 20.6 Å². The normalized spacial score (nSPS) is 16.9. The highest BCUT2D eigenvalue weighted by Gasteiger charge is 2.22. The zero-order valence-corrected chi connectivity index (χ0v) is 25.7. The Balaban J connectivity index is -0.000000648. The van der Waals surface area contributed by atoms with Gasteiger partial charge in [0.1, 0.15) is 0 Å². The third-order valence-corrected chi connectivity index (χ3v) is 6.68. The molecule has 0 rings (SSSR count). The highest BCUT2D eigenvalue weighted by Crippen LogP contribution is 2.13. The summed E-state index contributed by atoms with van der Waals surface area (Å²) in [6.07, 6.45) is 0. The number of rotatable bonds is 16. The predicted molar refractivity (Wildman–Crippen MR) is 164 cm³/mol. The van der Waals surface area contributed by atoms with Crippen LogP contribution in [0.1, 0.15) is 90.5 Å². The second-order valence-corrected chi connectivity index (χ2v) is 11.7. The second-order valence-electron chi connectivity index (χ2n) is 11.7. The summed E-state index contributed by atoms with van der Waals surface area (Å²) in [6, 6.07) is 0.176. The molecule has 0 aromatic rings. The Hall–Kier alpha value is -2.28. The van der Waals surface area contributed by atoms with Gasteiger partial charge in [0.25, 0.3) is 0 Å². The van der Waals surface area contributed by atoms with Crippen LogP contribution in [0.5, 0.6) is 0 Å². The largest absolute Gasteiger partial charge is 0.411 e. The molecular weight excluding hydrogens is 500 g/mol. The van der Waals surface area contributed by atoms with Crippen molar-refractivity contribution in [1.29, 1.82) is 0 Å². The quantitative estimate of drug-likeness (QED) is 0.0793. The first-order valence-corrected chi connectivity index (χ1v) is 13.1. The summed E-state index contributed by atoms with van der Waals surface area (Å²) in [7, 11) is 0. The molecule has 4 atom stereocenters. The van der Waals surface area contributed by atoms with Crippen LogP contribution in [0.25, 0.3) is 0 Å². The van der Waals surface area contributed by atoms with E-state index in [1.165, 1.54) is 0 Å². The van der Waals surface area contributed by atoms with Crippen LogP contribution in [0.2, 0.25) is 0 Å². The van der Waals surface area contributed by atoms with Crippen molar-refractivity contribution in [2.75, 3.05) is 26.2 Å². The van der Waals surface area contributed by atoms with Crippen molar-refractivity contribution in [3.8, 4) is 0 Å². The SMILES string of the molecule is C.C/C(=N\O)[C@@H](C)NCC(C)(C)CN[C@H](C)/C(C)=N/O.C/C(=N\O)[C@H](C)NCC(C)(C)CN[C@@H](C)/C(C)=N/O. The van der Waals surface area contributed by atoms with E-state index >= 15 is 0 Å². The first-order valence-electron chi connectivity index (χ1n) is 13.1. The molecule has 0 bridgehead atoms. The molecule has 0 amide bonds. The summed E-state index contributed by atoms with van der Waals surface area (Å²) >= 11 is 0. The topological polar surface area (TPSA) is 178 Å². The van der Waals surface area contributed by atoms with Gasteiger partial charge in [-0.15, -0.1) is 0 Å². The maximum atomic E-state index is 8.70. The van der Waals surface area contributed by atoms with E-state index in [1.54, 1.807) is 27.7 Å². The van der Waals surface area contributed by atoms with Crippen LogP contribution in [-0.2, 0) is 0 Å². The summed E-state index contributed by atoms with van der Waals surface area (Å²) in [6.45, 7) is 26.7. The molecule has 0 radical (unpaired) electrons. The fraction of sp³-hybridized carbons (Fsp3) is 0.852. The number of nitrogens with one attached hydrogen (secondary N) is 4. The van der Waals surface area contributed by atoms with Crippen molar-refractivity contribution in [2.45, 2.75) is 115 Å². The van der Waals surface area contributed by atoms with Crippen molar-refractivity contribution in [2.24, 2.45) is 31.5 Å². The van der Waals surface area contributed by atoms with Crippen molar-refractivity contribution in [3.05, 3.63) is 0 Å². The van der Waals surface area contributed by atoms with Crippen LogP contribution in [0.4, 0.5) is 0 Å². The molecule has 12 nitrogen and oxygen atoms in total. The van der Waals surface area contributed by atoms with E-state index in [-0.39, 0.29) is 42.4 Å². The first kappa shape index (κ1) is 41.2. The van der Waals surface area contributed by atoms with E-state index in [0.29, 0.717) is 22.8 Å². The molecular formula is C27H60N8O4. The van der Waals surface area contributed by atoms with E-state index in [1.807, 2.05) is 27.7 Å². The Morgan fingerprint density at radius 1 is 0.487 bits per heavy atom. The Bertz CT molecular complexity index is 658. The number of hydrogen-bond acceptors (Lipinski definition) is 12. The Labute approximate surface area is 237 Å². The summed E-state index contributed by atoms with van der Waals surface area (Å²) < 4.78 is 0. The molecule has 0 aromatic heterocycles. The summed E-state index contributed by atoms with van der Waals surface area (Å²) in [5.74, 6) is 0. The average Bonchev–Trinajstić information content (AvgIpc) is 2.90. The van der Waals surface area contributed by atoms with E-state index in [2.05, 4.69) is 69.6 Å². The average molecular weight is 561 g/mol. The predicted octanol–water partition coefficient (Wildman–Crippen LogP) is 3.97. The van der Waals surface area contributed by atoms with Gasteiger partial charge in [0.2, 0.25) is 0 Å². The maximum absolute atomic E-state index is 8.70. The molecule has 232 valence electrons. The zero-order chi connectivity index (χ0) is 30.1. The third-order valence-electron chi connectivity index (χ3n) is 6.68. The highest BCUT2D eigenvalue weighted by atomic mass is 16.4. The number of nitrogens with zero attached hydrogens (tertiary/aromatic N) is 4. The van der Waals surface area contributed by atoms with Crippen molar-refractivity contribution >= 4 is 22.8 Å². The Kier molecular flexibility index (Phi) is 21.8. The maximum Gasteiger partial charge on any atom is 0.0706 e. The fourth-order valence-electron chi connectivity index (χ4n) is 2.78. The molecule has 0 fully saturated rings. The summed E-state index contributed by atoms with van der Waals surface area (Å²) in [5.41, 5.74) is 2.74. The molecule has 39 heavy (non-hydrogen) atoms. The lowest BCUT2D eigenvalue weighted by atomic mass is 9.92. The smallest absolute Gasteiger partial charge is 0.0706 e. The number of hydrogen-bond donors (Lipinski definition) is 8. The van der Waals surface area contributed by atoms with E-state index in [4.69, 9.17) is 20.8 Å².